The summed E-state index contributed by atoms with van der Waals surface area (Å²) in [5.74, 6) is 0.917. The number of rotatable bonds is 4. The first kappa shape index (κ1) is 14.9. The molecule has 0 aromatic rings. The lowest BCUT2D eigenvalue weighted by atomic mass is 9.71. The molecule has 0 heterocycles. The van der Waals surface area contributed by atoms with Gasteiger partial charge in [0.1, 0.15) is 0 Å². The van der Waals surface area contributed by atoms with Gasteiger partial charge in [-0.25, -0.2) is 0 Å². The van der Waals surface area contributed by atoms with Crippen molar-refractivity contribution in [3.63, 3.8) is 0 Å². The SMILES string of the molecule is CCCC=CSC=C1CCC(C(C)(C)C)CC1. The molecule has 0 aliphatic heterocycles. The van der Waals surface area contributed by atoms with Crippen LogP contribution in [0.4, 0.5) is 0 Å². The zero-order valence-corrected chi connectivity index (χ0v) is 12.8. The van der Waals surface area contributed by atoms with Crippen LogP contribution in [-0.2, 0) is 0 Å². The molecule has 0 radical (unpaired) electrons. The lowest BCUT2D eigenvalue weighted by Gasteiger charge is -2.34. The van der Waals surface area contributed by atoms with E-state index in [1.165, 1.54) is 38.5 Å². The van der Waals surface area contributed by atoms with Crippen LogP contribution in [0.3, 0.4) is 0 Å². The van der Waals surface area contributed by atoms with Crippen LogP contribution in [0.1, 0.15) is 66.2 Å². The third-order valence-corrected chi connectivity index (χ3v) is 4.54. The van der Waals surface area contributed by atoms with Crippen LogP contribution < -0.4 is 0 Å². The van der Waals surface area contributed by atoms with Gasteiger partial charge in [-0.3, -0.25) is 0 Å². The average Bonchev–Trinajstić information content (AvgIpc) is 2.28. The Kier molecular flexibility index (Phi) is 6.40. The first-order valence-corrected chi connectivity index (χ1v) is 7.96. The Balaban J connectivity index is 2.29. The standard InChI is InChI=1S/C16H28S/c1-5-6-7-12-17-13-14-8-10-15(11-9-14)16(2,3)4/h7,12-13,15H,5-6,8-11H2,1-4H3. The minimum absolute atomic E-state index is 0.500. The lowest BCUT2D eigenvalue weighted by molar-refractivity contribution is 0.197. The summed E-state index contributed by atoms with van der Waals surface area (Å²) < 4.78 is 0. The second-order valence-corrected chi connectivity index (χ2v) is 6.99. The average molecular weight is 252 g/mol. The van der Waals surface area contributed by atoms with Crippen molar-refractivity contribution in [3.8, 4) is 0 Å². The summed E-state index contributed by atoms with van der Waals surface area (Å²) in [5.41, 5.74) is 2.16. The van der Waals surface area contributed by atoms with E-state index in [9.17, 15) is 0 Å². The number of unbranched alkanes of at least 4 members (excludes halogenated alkanes) is 1. The van der Waals surface area contributed by atoms with Gasteiger partial charge in [0.15, 0.2) is 0 Å². The minimum Gasteiger partial charge on any atom is -0.106 e. The summed E-state index contributed by atoms with van der Waals surface area (Å²) in [4.78, 5) is 0. The Morgan fingerprint density at radius 3 is 2.41 bits per heavy atom. The normalized spacial score (nSPS) is 22.1. The molecule has 1 aliphatic rings. The van der Waals surface area contributed by atoms with Crippen molar-refractivity contribution >= 4 is 11.8 Å². The summed E-state index contributed by atoms with van der Waals surface area (Å²) in [6, 6.07) is 0. The molecule has 1 saturated carbocycles. The highest BCUT2D eigenvalue weighted by Crippen LogP contribution is 2.40. The van der Waals surface area contributed by atoms with Crippen molar-refractivity contribution < 1.29 is 0 Å². The van der Waals surface area contributed by atoms with Gasteiger partial charge in [0, 0.05) is 0 Å². The molecule has 0 amide bonds. The van der Waals surface area contributed by atoms with Gasteiger partial charge in [-0.15, -0.1) is 11.8 Å². The van der Waals surface area contributed by atoms with Gasteiger partial charge in [-0.05, 0) is 54.3 Å². The zero-order chi connectivity index (χ0) is 12.7. The smallest absolute Gasteiger partial charge is 0.0256 e. The molecule has 98 valence electrons. The van der Waals surface area contributed by atoms with Crippen molar-refractivity contribution in [3.05, 3.63) is 22.5 Å². The second kappa shape index (κ2) is 7.31. The maximum Gasteiger partial charge on any atom is -0.0256 e. The van der Waals surface area contributed by atoms with Crippen LogP contribution in [0, 0.1) is 11.3 Å². The van der Waals surface area contributed by atoms with Crippen molar-refractivity contribution in [1.29, 1.82) is 0 Å². The van der Waals surface area contributed by atoms with Gasteiger partial charge < -0.3 is 0 Å². The number of allylic oxidation sites excluding steroid dienone is 2. The molecule has 0 bridgehead atoms. The molecule has 0 atom stereocenters. The van der Waals surface area contributed by atoms with E-state index in [4.69, 9.17) is 0 Å². The summed E-state index contributed by atoms with van der Waals surface area (Å²) in [7, 11) is 0. The molecule has 1 heteroatoms. The van der Waals surface area contributed by atoms with Crippen LogP contribution in [-0.4, -0.2) is 0 Å². The molecule has 0 saturated heterocycles. The van der Waals surface area contributed by atoms with Crippen LogP contribution in [0.5, 0.6) is 0 Å². The Morgan fingerprint density at radius 1 is 1.24 bits per heavy atom. The molecular formula is C16H28S. The fraction of sp³-hybridized carbons (Fsp3) is 0.750. The Bertz CT molecular complexity index is 258. The van der Waals surface area contributed by atoms with E-state index < -0.39 is 0 Å². The van der Waals surface area contributed by atoms with Gasteiger partial charge in [-0.2, -0.15) is 0 Å². The van der Waals surface area contributed by atoms with E-state index in [1.54, 1.807) is 5.57 Å². The molecule has 1 rings (SSSR count). The van der Waals surface area contributed by atoms with Crippen LogP contribution >= 0.6 is 11.8 Å². The van der Waals surface area contributed by atoms with Crippen molar-refractivity contribution in [1.82, 2.24) is 0 Å². The van der Waals surface area contributed by atoms with Gasteiger partial charge in [0.05, 0.1) is 0 Å². The van der Waals surface area contributed by atoms with Crippen molar-refractivity contribution in [2.45, 2.75) is 66.2 Å². The van der Waals surface area contributed by atoms with Crippen LogP contribution in [0.25, 0.3) is 0 Å². The van der Waals surface area contributed by atoms with E-state index in [1.807, 2.05) is 11.8 Å². The topological polar surface area (TPSA) is 0 Å². The molecule has 1 aliphatic carbocycles. The Morgan fingerprint density at radius 2 is 1.88 bits per heavy atom. The monoisotopic (exact) mass is 252 g/mol. The van der Waals surface area contributed by atoms with Crippen LogP contribution in [0.2, 0.25) is 0 Å². The highest BCUT2D eigenvalue weighted by atomic mass is 32.2. The maximum atomic E-state index is 2.38. The van der Waals surface area contributed by atoms with E-state index in [-0.39, 0.29) is 0 Å². The largest absolute Gasteiger partial charge is 0.106 e. The van der Waals surface area contributed by atoms with Crippen molar-refractivity contribution in [2.75, 3.05) is 0 Å². The molecular weight excluding hydrogens is 224 g/mol. The summed E-state index contributed by atoms with van der Waals surface area (Å²) in [5, 5.41) is 4.62. The third kappa shape index (κ3) is 5.81. The number of thioether (sulfide) groups is 1. The molecule has 17 heavy (non-hydrogen) atoms. The number of hydrogen-bond donors (Lipinski definition) is 0. The molecule has 1 fully saturated rings. The molecule has 0 aromatic heterocycles. The van der Waals surface area contributed by atoms with E-state index in [0.717, 1.165) is 5.92 Å². The fourth-order valence-corrected chi connectivity index (χ4v) is 3.15. The molecule has 0 N–H and O–H groups in total. The predicted molar refractivity (Wildman–Crippen MR) is 81.1 cm³/mol. The first-order chi connectivity index (χ1) is 8.04. The van der Waals surface area contributed by atoms with Gasteiger partial charge in [0.2, 0.25) is 0 Å². The molecule has 0 nitrogen and oxygen atoms in total. The molecule has 0 spiro atoms. The Labute approximate surface area is 112 Å². The number of hydrogen-bond acceptors (Lipinski definition) is 1. The van der Waals surface area contributed by atoms with Gasteiger partial charge in [-0.1, -0.05) is 45.8 Å². The predicted octanol–water partition coefficient (Wildman–Crippen LogP) is 6.15. The van der Waals surface area contributed by atoms with Crippen molar-refractivity contribution in [2.24, 2.45) is 11.3 Å². The minimum atomic E-state index is 0.500. The van der Waals surface area contributed by atoms with E-state index in [0.29, 0.717) is 5.41 Å². The van der Waals surface area contributed by atoms with Gasteiger partial charge >= 0.3 is 0 Å². The molecule has 0 aromatic carbocycles. The van der Waals surface area contributed by atoms with E-state index in [2.05, 4.69) is 44.6 Å². The Hall–Kier alpha value is -0.170. The first-order valence-electron chi connectivity index (χ1n) is 7.02. The quantitative estimate of drug-likeness (QED) is 0.578. The summed E-state index contributed by atoms with van der Waals surface area (Å²) in [6.45, 7) is 9.37. The second-order valence-electron chi connectivity index (χ2n) is 6.21. The summed E-state index contributed by atoms with van der Waals surface area (Å²) >= 11 is 1.87. The maximum absolute atomic E-state index is 2.38. The highest BCUT2D eigenvalue weighted by Gasteiger charge is 2.27. The molecule has 0 unspecified atom stereocenters. The highest BCUT2D eigenvalue weighted by molar-refractivity contribution is 8.04. The van der Waals surface area contributed by atoms with E-state index >= 15 is 0 Å². The third-order valence-electron chi connectivity index (χ3n) is 3.72. The fourth-order valence-electron chi connectivity index (χ4n) is 2.40. The lowest BCUT2D eigenvalue weighted by Crippen LogP contribution is -2.23. The van der Waals surface area contributed by atoms with Crippen LogP contribution in [0.15, 0.2) is 22.5 Å². The zero-order valence-electron chi connectivity index (χ0n) is 12.0. The summed E-state index contributed by atoms with van der Waals surface area (Å²) in [6.07, 6.45) is 10.1. The van der Waals surface area contributed by atoms with Gasteiger partial charge in [0.25, 0.3) is 0 Å².